The molecule has 0 aliphatic heterocycles. The number of nitrogens with one attached hydrogen (secondary N) is 1. The van der Waals surface area contributed by atoms with Gasteiger partial charge in [0.2, 0.25) is 0 Å². The van der Waals surface area contributed by atoms with Crippen LogP contribution in [0.4, 0.5) is 0 Å². The molecule has 0 saturated heterocycles. The third kappa shape index (κ3) is 4.86. The van der Waals surface area contributed by atoms with Crippen LogP contribution in [0.25, 0.3) is 11.0 Å². The number of hydrazone groups is 1. The van der Waals surface area contributed by atoms with Crippen molar-refractivity contribution in [3.63, 3.8) is 0 Å². The fourth-order valence-electron chi connectivity index (χ4n) is 2.27. The number of fused-ring (bicyclic) bond motifs is 1. The number of aliphatic carboxylic acids is 1. The molecule has 0 aliphatic rings. The molecule has 0 spiro atoms. The van der Waals surface area contributed by atoms with Gasteiger partial charge >= 0.3 is 11.9 Å². The SMILES string of the molecule is O=C(O)COc1c(Br)cc(I)cc1/C=N/NC(=O)c1cc2ccccc2o1. The second kappa shape index (κ2) is 8.53. The number of ether oxygens (including phenoxy) is 1. The van der Waals surface area contributed by atoms with Crippen molar-refractivity contribution in [3.05, 3.63) is 61.8 Å². The minimum absolute atomic E-state index is 0.138. The lowest BCUT2D eigenvalue weighted by molar-refractivity contribution is -0.139. The number of amides is 1. The van der Waals surface area contributed by atoms with Crippen LogP contribution >= 0.6 is 38.5 Å². The van der Waals surface area contributed by atoms with Crippen molar-refractivity contribution >= 4 is 67.6 Å². The number of furan rings is 1. The Morgan fingerprint density at radius 1 is 1.30 bits per heavy atom. The maximum atomic E-state index is 12.2. The summed E-state index contributed by atoms with van der Waals surface area (Å²) in [6.07, 6.45) is 1.38. The van der Waals surface area contributed by atoms with Gasteiger partial charge in [0.25, 0.3) is 0 Å². The summed E-state index contributed by atoms with van der Waals surface area (Å²) in [5.41, 5.74) is 3.51. The summed E-state index contributed by atoms with van der Waals surface area (Å²) in [7, 11) is 0. The van der Waals surface area contributed by atoms with E-state index in [1.54, 1.807) is 24.3 Å². The lowest BCUT2D eigenvalue weighted by Crippen LogP contribution is -2.17. The molecule has 0 saturated carbocycles. The van der Waals surface area contributed by atoms with Crippen molar-refractivity contribution in [2.75, 3.05) is 6.61 Å². The molecule has 1 aromatic heterocycles. The number of carboxylic acid groups (broad SMARTS) is 1. The highest BCUT2D eigenvalue weighted by Crippen LogP contribution is 2.30. The number of carbonyl (C=O) groups is 2. The average Bonchev–Trinajstić information content (AvgIpc) is 3.04. The van der Waals surface area contributed by atoms with Gasteiger partial charge in [-0.05, 0) is 62.8 Å². The van der Waals surface area contributed by atoms with Gasteiger partial charge in [-0.25, -0.2) is 10.2 Å². The molecular weight excluding hydrogens is 531 g/mol. The highest BCUT2D eigenvalue weighted by atomic mass is 127. The second-order valence-electron chi connectivity index (χ2n) is 5.34. The topological polar surface area (TPSA) is 101 Å². The summed E-state index contributed by atoms with van der Waals surface area (Å²) >= 11 is 5.44. The number of para-hydroxylation sites is 1. The number of hydrogen-bond acceptors (Lipinski definition) is 5. The number of carboxylic acids is 1. The fraction of sp³-hybridized carbons (Fsp3) is 0.0556. The summed E-state index contributed by atoms with van der Waals surface area (Å²) in [6, 6.07) is 12.4. The average molecular weight is 543 g/mol. The number of benzene rings is 2. The van der Waals surface area contributed by atoms with Crippen LogP contribution in [0.15, 0.2) is 56.5 Å². The maximum Gasteiger partial charge on any atom is 0.341 e. The number of nitrogens with zero attached hydrogens (tertiary/aromatic N) is 1. The van der Waals surface area contributed by atoms with Crippen LogP contribution in [-0.2, 0) is 4.79 Å². The molecule has 138 valence electrons. The normalized spacial score (nSPS) is 11.0. The first-order valence-electron chi connectivity index (χ1n) is 7.59. The Balaban J connectivity index is 1.76. The molecule has 0 atom stereocenters. The highest BCUT2D eigenvalue weighted by molar-refractivity contribution is 14.1. The van der Waals surface area contributed by atoms with Gasteiger partial charge in [0.1, 0.15) is 11.3 Å². The summed E-state index contributed by atoms with van der Waals surface area (Å²) in [5.74, 6) is -1.14. The number of rotatable bonds is 6. The predicted molar refractivity (Wildman–Crippen MR) is 111 cm³/mol. The van der Waals surface area contributed by atoms with Gasteiger partial charge in [0, 0.05) is 14.5 Å². The summed E-state index contributed by atoms with van der Waals surface area (Å²) in [5, 5.41) is 13.5. The van der Waals surface area contributed by atoms with Crippen LogP contribution in [0, 0.1) is 3.57 Å². The van der Waals surface area contributed by atoms with Gasteiger partial charge in [-0.15, -0.1) is 0 Å². The smallest absolute Gasteiger partial charge is 0.341 e. The van der Waals surface area contributed by atoms with Gasteiger partial charge < -0.3 is 14.3 Å². The Hall–Kier alpha value is -2.40. The second-order valence-corrected chi connectivity index (χ2v) is 7.44. The molecule has 2 aromatic carbocycles. The zero-order chi connectivity index (χ0) is 19.4. The molecule has 3 rings (SSSR count). The van der Waals surface area contributed by atoms with Crippen LogP contribution in [0.5, 0.6) is 5.75 Å². The first kappa shape index (κ1) is 19.4. The molecule has 0 unspecified atom stereocenters. The van der Waals surface area contributed by atoms with Crippen molar-refractivity contribution in [2.24, 2.45) is 5.10 Å². The van der Waals surface area contributed by atoms with E-state index < -0.39 is 18.5 Å². The third-order valence-electron chi connectivity index (χ3n) is 3.40. The van der Waals surface area contributed by atoms with E-state index in [2.05, 4.69) is 49.0 Å². The Bertz CT molecular complexity index is 1010. The van der Waals surface area contributed by atoms with E-state index in [0.29, 0.717) is 21.4 Å². The number of halogens is 2. The van der Waals surface area contributed by atoms with Gasteiger partial charge in [0.05, 0.1) is 10.7 Å². The minimum atomic E-state index is -1.10. The summed E-state index contributed by atoms with van der Waals surface area (Å²) in [6.45, 7) is -0.495. The maximum absolute atomic E-state index is 12.2. The van der Waals surface area contributed by atoms with Crippen LogP contribution in [0.2, 0.25) is 0 Å². The first-order chi connectivity index (χ1) is 12.9. The fourth-order valence-corrected chi connectivity index (χ4v) is 3.94. The molecule has 1 heterocycles. The van der Waals surface area contributed by atoms with Crippen molar-refractivity contribution in [1.82, 2.24) is 5.43 Å². The molecule has 0 aliphatic carbocycles. The van der Waals surface area contributed by atoms with Crippen LogP contribution < -0.4 is 10.2 Å². The molecule has 9 heteroatoms. The van der Waals surface area contributed by atoms with E-state index in [1.165, 1.54) is 6.21 Å². The Kier molecular flexibility index (Phi) is 6.11. The van der Waals surface area contributed by atoms with Gasteiger partial charge in [-0.2, -0.15) is 5.10 Å². The van der Waals surface area contributed by atoms with Crippen molar-refractivity contribution in [2.45, 2.75) is 0 Å². The van der Waals surface area contributed by atoms with Crippen molar-refractivity contribution < 1.29 is 23.8 Å². The monoisotopic (exact) mass is 542 g/mol. The Morgan fingerprint density at radius 3 is 2.81 bits per heavy atom. The molecule has 27 heavy (non-hydrogen) atoms. The zero-order valence-corrected chi connectivity index (χ0v) is 17.4. The molecule has 3 aromatic rings. The Morgan fingerprint density at radius 2 is 2.07 bits per heavy atom. The van der Waals surface area contributed by atoms with Crippen molar-refractivity contribution in [3.8, 4) is 5.75 Å². The van der Waals surface area contributed by atoms with Gasteiger partial charge in [-0.3, -0.25) is 4.79 Å². The lowest BCUT2D eigenvalue weighted by atomic mass is 10.2. The molecule has 0 radical (unpaired) electrons. The van der Waals surface area contributed by atoms with E-state index in [1.807, 2.05) is 18.2 Å². The van der Waals surface area contributed by atoms with E-state index in [4.69, 9.17) is 14.3 Å². The Labute approximate surface area is 175 Å². The minimum Gasteiger partial charge on any atom is -0.480 e. The van der Waals surface area contributed by atoms with E-state index >= 15 is 0 Å². The molecule has 2 N–H and O–H groups in total. The summed E-state index contributed by atoms with van der Waals surface area (Å²) in [4.78, 5) is 23.0. The largest absolute Gasteiger partial charge is 0.480 e. The number of hydrogen-bond donors (Lipinski definition) is 2. The zero-order valence-electron chi connectivity index (χ0n) is 13.6. The first-order valence-corrected chi connectivity index (χ1v) is 9.47. The van der Waals surface area contributed by atoms with Gasteiger partial charge in [-0.1, -0.05) is 18.2 Å². The molecule has 1 amide bonds. The van der Waals surface area contributed by atoms with Crippen LogP contribution in [-0.4, -0.2) is 29.8 Å². The number of carbonyl (C=O) groups excluding carboxylic acids is 1. The lowest BCUT2D eigenvalue weighted by Gasteiger charge is -2.10. The third-order valence-corrected chi connectivity index (χ3v) is 4.61. The predicted octanol–water partition coefficient (Wildman–Crippen LogP) is 4.03. The molecular formula is C18H12BrIN2O5. The van der Waals surface area contributed by atoms with Crippen molar-refractivity contribution in [1.29, 1.82) is 0 Å². The van der Waals surface area contributed by atoms with Crippen LogP contribution in [0.3, 0.4) is 0 Å². The van der Waals surface area contributed by atoms with E-state index in [-0.39, 0.29) is 5.76 Å². The van der Waals surface area contributed by atoms with Gasteiger partial charge in [0.15, 0.2) is 12.4 Å². The summed E-state index contributed by atoms with van der Waals surface area (Å²) < 4.78 is 12.2. The van der Waals surface area contributed by atoms with E-state index in [0.717, 1.165) is 8.96 Å². The highest BCUT2D eigenvalue weighted by Gasteiger charge is 2.13. The quantitative estimate of drug-likeness (QED) is 0.278. The molecule has 7 nitrogen and oxygen atoms in total. The standard InChI is InChI=1S/C18H12BrIN2O5/c19-13-7-12(20)5-11(17(13)26-9-16(23)24)8-21-22-18(25)15-6-10-3-1-2-4-14(10)27-15/h1-8H,9H2,(H,22,25)(H,23,24)/b21-8+. The van der Waals surface area contributed by atoms with E-state index in [9.17, 15) is 9.59 Å². The van der Waals surface area contributed by atoms with Crippen LogP contribution in [0.1, 0.15) is 16.1 Å². The molecule has 0 bridgehead atoms. The molecule has 0 fully saturated rings.